The third kappa shape index (κ3) is 5.19. The van der Waals surface area contributed by atoms with Gasteiger partial charge in [0.2, 0.25) is 0 Å². The summed E-state index contributed by atoms with van der Waals surface area (Å²) in [5.74, 6) is 1.78. The predicted octanol–water partition coefficient (Wildman–Crippen LogP) is 12.0. The minimum absolute atomic E-state index is 0.0597. The molecule has 10 aromatic rings. The van der Waals surface area contributed by atoms with E-state index in [4.69, 9.17) is 14.9 Å². The maximum absolute atomic E-state index is 7.17. The van der Waals surface area contributed by atoms with Crippen LogP contribution in [0.2, 0.25) is 0 Å². The molecule has 2 aliphatic rings. The first-order chi connectivity index (χ1) is 29.0. The van der Waals surface area contributed by atoms with Gasteiger partial charge in [-0.2, -0.15) is 4.80 Å². The molecule has 0 amide bonds. The number of para-hydroxylation sites is 1. The average molecular weight is 775 g/mol. The first-order valence-electron chi connectivity index (χ1n) is 21.0. The number of fused-ring (bicyclic) bond motifs is 5. The van der Waals surface area contributed by atoms with Crippen LogP contribution in [0.5, 0.6) is 11.5 Å². The molecular formula is C54H43BN4O. The lowest BCUT2D eigenvalue weighted by molar-refractivity contribution is 0.483. The van der Waals surface area contributed by atoms with Gasteiger partial charge in [-0.1, -0.05) is 139 Å². The number of ether oxygens (including phenoxy) is 1. The van der Waals surface area contributed by atoms with Gasteiger partial charge in [-0.25, -0.2) is 0 Å². The second kappa shape index (κ2) is 12.3. The fourth-order valence-electron chi connectivity index (χ4n) is 9.81. The zero-order valence-electron chi connectivity index (χ0n) is 34.7. The Morgan fingerprint density at radius 1 is 0.500 bits per heavy atom. The lowest BCUT2D eigenvalue weighted by atomic mass is 9.34. The highest BCUT2D eigenvalue weighted by Gasteiger charge is 2.43. The summed E-state index contributed by atoms with van der Waals surface area (Å²) < 4.78 is 7.17. The molecule has 9 aromatic carbocycles. The highest BCUT2D eigenvalue weighted by molar-refractivity contribution is 6.99. The Morgan fingerprint density at radius 2 is 1.18 bits per heavy atom. The molecule has 0 spiro atoms. The topological polar surface area (TPSA) is 43.2 Å². The van der Waals surface area contributed by atoms with Crippen LogP contribution in [0.15, 0.2) is 152 Å². The molecule has 0 bridgehead atoms. The maximum atomic E-state index is 7.17. The summed E-state index contributed by atoms with van der Waals surface area (Å²) in [4.78, 5) is 4.19. The molecule has 0 N–H and O–H groups in total. The van der Waals surface area contributed by atoms with E-state index in [2.05, 4.69) is 198 Å². The van der Waals surface area contributed by atoms with Gasteiger partial charge < -0.3 is 9.64 Å². The number of hydrogen-bond acceptors (Lipinski definition) is 4. The maximum Gasteiger partial charge on any atom is 0.256 e. The number of benzene rings is 9. The van der Waals surface area contributed by atoms with Crippen LogP contribution in [0.25, 0.3) is 60.2 Å². The van der Waals surface area contributed by atoms with Crippen molar-refractivity contribution < 1.29 is 4.74 Å². The number of hydrogen-bond donors (Lipinski definition) is 0. The molecule has 6 heteroatoms. The molecule has 288 valence electrons. The summed E-state index contributed by atoms with van der Waals surface area (Å²) in [6, 6.07) is 55.6. The van der Waals surface area contributed by atoms with Crippen molar-refractivity contribution in [2.24, 2.45) is 0 Å². The third-order valence-corrected chi connectivity index (χ3v) is 13.0. The Labute approximate surface area is 350 Å². The Hall–Kier alpha value is -6.92. The quantitative estimate of drug-likeness (QED) is 0.132. The Bertz CT molecular complexity index is 3360. The summed E-state index contributed by atoms with van der Waals surface area (Å²) in [5, 5.41) is 17.9. The largest absolute Gasteiger partial charge is 0.458 e. The van der Waals surface area contributed by atoms with Gasteiger partial charge >= 0.3 is 0 Å². The second-order valence-corrected chi connectivity index (χ2v) is 18.8. The molecule has 0 radical (unpaired) electrons. The van der Waals surface area contributed by atoms with Crippen molar-refractivity contribution in [3.63, 3.8) is 0 Å². The zero-order valence-corrected chi connectivity index (χ0v) is 34.7. The van der Waals surface area contributed by atoms with E-state index in [1.54, 1.807) is 4.80 Å². The van der Waals surface area contributed by atoms with Crippen molar-refractivity contribution in [3.05, 3.63) is 163 Å². The molecule has 0 unspecified atom stereocenters. The van der Waals surface area contributed by atoms with Crippen molar-refractivity contribution in [2.75, 3.05) is 4.90 Å². The minimum Gasteiger partial charge on any atom is -0.458 e. The van der Waals surface area contributed by atoms with Gasteiger partial charge in [-0.15, -0.1) is 10.2 Å². The normalized spacial score (nSPS) is 13.6. The van der Waals surface area contributed by atoms with Crippen LogP contribution in [0.4, 0.5) is 17.1 Å². The lowest BCUT2D eigenvalue weighted by Crippen LogP contribution is -2.59. The molecule has 0 fully saturated rings. The molecule has 5 nitrogen and oxygen atoms in total. The molecule has 12 rings (SSSR count). The summed E-state index contributed by atoms with van der Waals surface area (Å²) in [6.45, 7) is 13.5. The fraction of sp³-hybridized carbons (Fsp3) is 0.148. The van der Waals surface area contributed by atoms with E-state index in [-0.39, 0.29) is 17.5 Å². The molecule has 60 heavy (non-hydrogen) atoms. The predicted molar refractivity (Wildman–Crippen MR) is 251 cm³/mol. The molecule has 2 aliphatic heterocycles. The van der Waals surface area contributed by atoms with E-state index in [9.17, 15) is 0 Å². The van der Waals surface area contributed by atoms with E-state index in [0.717, 1.165) is 56.3 Å². The number of aromatic nitrogens is 3. The van der Waals surface area contributed by atoms with Gasteiger partial charge in [0, 0.05) is 17.1 Å². The van der Waals surface area contributed by atoms with Crippen LogP contribution < -0.4 is 26.0 Å². The zero-order chi connectivity index (χ0) is 40.7. The summed E-state index contributed by atoms with van der Waals surface area (Å²) in [5.41, 5.74) is 14.2. The van der Waals surface area contributed by atoms with E-state index >= 15 is 0 Å². The smallest absolute Gasteiger partial charge is 0.256 e. The van der Waals surface area contributed by atoms with E-state index < -0.39 is 0 Å². The molecular weight excluding hydrogens is 731 g/mol. The Morgan fingerprint density at radius 3 is 1.92 bits per heavy atom. The average Bonchev–Trinajstić information content (AvgIpc) is 3.67. The van der Waals surface area contributed by atoms with Crippen LogP contribution in [-0.2, 0) is 10.8 Å². The van der Waals surface area contributed by atoms with Gasteiger partial charge in [0.25, 0.3) is 6.71 Å². The van der Waals surface area contributed by atoms with Crippen LogP contribution in [-0.4, -0.2) is 21.7 Å². The minimum atomic E-state index is -0.119. The summed E-state index contributed by atoms with van der Waals surface area (Å²) in [7, 11) is 0. The summed E-state index contributed by atoms with van der Waals surface area (Å²) >= 11 is 0. The van der Waals surface area contributed by atoms with Gasteiger partial charge in [0.1, 0.15) is 22.5 Å². The molecule has 0 saturated heterocycles. The van der Waals surface area contributed by atoms with Crippen molar-refractivity contribution in [1.29, 1.82) is 0 Å². The third-order valence-electron chi connectivity index (χ3n) is 13.0. The first kappa shape index (κ1) is 35.1. The fourth-order valence-corrected chi connectivity index (χ4v) is 9.81. The molecule has 0 saturated carbocycles. The van der Waals surface area contributed by atoms with Crippen molar-refractivity contribution in [3.8, 4) is 28.3 Å². The van der Waals surface area contributed by atoms with Gasteiger partial charge in [0.05, 0.1) is 5.69 Å². The second-order valence-electron chi connectivity index (χ2n) is 18.8. The SMILES string of the molecule is CC(C)(C)c1ccc(-n2nc3cc4c(cc3n2)N(c2ccccc2)c2cc(C(C)(C)C)cc3c2B4c2ccc(-c4ccc5ccc6cccc7ccc4c5c67)cc2O3)cc1. The van der Waals surface area contributed by atoms with Crippen LogP contribution in [0.1, 0.15) is 52.7 Å². The van der Waals surface area contributed by atoms with Crippen LogP contribution in [0, 0.1) is 0 Å². The van der Waals surface area contributed by atoms with Crippen molar-refractivity contribution in [1.82, 2.24) is 15.0 Å². The highest BCUT2D eigenvalue weighted by Crippen LogP contribution is 2.45. The summed E-state index contributed by atoms with van der Waals surface area (Å²) in [6.07, 6.45) is 0. The van der Waals surface area contributed by atoms with E-state index in [1.165, 1.54) is 59.9 Å². The van der Waals surface area contributed by atoms with E-state index in [0.29, 0.717) is 0 Å². The molecule has 1 aromatic heterocycles. The standard InChI is InChI=1S/C54H43BN4O/c1-53(2,3)36-20-22-39(23-21-36)59-56-44-30-43-46(31-45(44)57-59)58(38-13-8-7-9-14-38)47-28-37(54(4,5)6)29-49-52(47)55(43)42-26-19-35(27-48(42)60-49)40-24-17-34-16-15-32-11-10-12-33-18-25-41(40)51(34)50(32)33/h7-31H,1-6H3. The Kier molecular flexibility index (Phi) is 7.19. The monoisotopic (exact) mass is 774 g/mol. The van der Waals surface area contributed by atoms with Crippen molar-refractivity contribution >= 4 is 83.5 Å². The first-order valence-corrected chi connectivity index (χ1v) is 21.0. The molecule has 0 atom stereocenters. The van der Waals surface area contributed by atoms with E-state index in [1.807, 2.05) is 0 Å². The lowest BCUT2D eigenvalue weighted by Gasteiger charge is -2.41. The number of rotatable bonds is 3. The molecule has 0 aliphatic carbocycles. The van der Waals surface area contributed by atoms with Gasteiger partial charge in [0.15, 0.2) is 0 Å². The highest BCUT2D eigenvalue weighted by atomic mass is 16.5. The van der Waals surface area contributed by atoms with Crippen LogP contribution in [0.3, 0.4) is 0 Å². The van der Waals surface area contributed by atoms with Gasteiger partial charge in [-0.05, 0) is 136 Å². The van der Waals surface area contributed by atoms with Gasteiger partial charge in [-0.3, -0.25) is 0 Å². The Balaban J connectivity index is 1.08. The number of nitrogens with zero attached hydrogens (tertiary/aromatic N) is 4. The number of anilines is 3. The molecule has 3 heterocycles. The van der Waals surface area contributed by atoms with Crippen LogP contribution >= 0.6 is 0 Å². The van der Waals surface area contributed by atoms with Crippen molar-refractivity contribution in [2.45, 2.75) is 52.4 Å².